The van der Waals surface area contributed by atoms with E-state index < -0.39 is 80.7 Å². The Balaban J connectivity index is 2.62. The van der Waals surface area contributed by atoms with E-state index in [1.165, 1.54) is 0 Å². The van der Waals surface area contributed by atoms with Crippen LogP contribution in [0.3, 0.4) is 0 Å². The van der Waals surface area contributed by atoms with E-state index in [1.54, 1.807) is 0 Å². The van der Waals surface area contributed by atoms with Crippen molar-refractivity contribution in [3.05, 3.63) is 69.3 Å². The zero-order valence-electron chi connectivity index (χ0n) is 13.7. The van der Waals surface area contributed by atoms with Gasteiger partial charge in [0, 0.05) is 0 Å². The molecule has 0 fully saturated rings. The van der Waals surface area contributed by atoms with Gasteiger partial charge in [0.25, 0.3) is 0 Å². The quantitative estimate of drug-likeness (QED) is 0.213. The third kappa shape index (κ3) is 3.34. The molecule has 12 heteroatoms. The summed E-state index contributed by atoms with van der Waals surface area (Å²) in [6.07, 6.45) is 0. The molecule has 0 amide bonds. The molecule has 150 valence electrons. The minimum atomic E-state index is -2.42. The van der Waals surface area contributed by atoms with Gasteiger partial charge in [-0.3, -0.25) is 0 Å². The van der Waals surface area contributed by atoms with Crippen molar-refractivity contribution >= 4 is 11.4 Å². The van der Waals surface area contributed by atoms with Crippen LogP contribution >= 0.6 is 0 Å². The van der Waals surface area contributed by atoms with Crippen LogP contribution in [0.2, 0.25) is 0 Å². The molecule has 0 atom stereocenters. The maximum absolute atomic E-state index is 13.7. The molecule has 0 N–H and O–H groups in total. The number of benzene rings is 2. The van der Waals surface area contributed by atoms with E-state index in [-0.39, 0.29) is 0 Å². The summed E-state index contributed by atoms with van der Waals surface area (Å²) < 4.78 is 133. The van der Waals surface area contributed by atoms with Crippen molar-refractivity contribution in [2.75, 3.05) is 0 Å². The second-order valence-electron chi connectivity index (χ2n) is 5.26. The highest BCUT2D eigenvalue weighted by atomic mass is 19.2. The van der Waals surface area contributed by atoms with Gasteiger partial charge in [-0.1, -0.05) is 0 Å². The second-order valence-corrected chi connectivity index (χ2v) is 5.26. The van der Waals surface area contributed by atoms with Gasteiger partial charge in [-0.15, -0.1) is 0 Å². The van der Waals surface area contributed by atoms with E-state index in [0.717, 1.165) is 13.8 Å². The minimum absolute atomic E-state index is 0.744. The highest BCUT2D eigenvalue weighted by molar-refractivity contribution is 6.02. The average Bonchev–Trinajstić information content (AvgIpc) is 2.66. The molecule has 2 rings (SSSR count). The zero-order chi connectivity index (χ0) is 21.5. The van der Waals surface area contributed by atoms with Crippen LogP contribution in [0, 0.1) is 58.2 Å². The number of rotatable bonds is 3. The molecule has 2 nitrogen and oxygen atoms in total. The molecule has 2 aromatic rings. The molecule has 0 spiro atoms. The summed E-state index contributed by atoms with van der Waals surface area (Å²) in [6, 6.07) is 0. The first-order chi connectivity index (χ1) is 12.9. The Morgan fingerprint density at radius 2 is 0.571 bits per heavy atom. The first-order valence-corrected chi connectivity index (χ1v) is 7.04. The van der Waals surface area contributed by atoms with E-state index in [2.05, 4.69) is 10.2 Å². The van der Waals surface area contributed by atoms with Crippen molar-refractivity contribution in [1.29, 1.82) is 0 Å². The molecule has 0 aromatic heterocycles. The van der Waals surface area contributed by atoms with Crippen LogP contribution in [-0.2, 0) is 0 Å². The SMILES string of the molecule is C/C(=N\N=C(/C)c1c(F)c(F)c(F)c(F)c1F)c1c(F)c(F)c(F)c(F)c1F. The summed E-state index contributed by atoms with van der Waals surface area (Å²) in [4.78, 5) is 0. The van der Waals surface area contributed by atoms with Gasteiger partial charge < -0.3 is 0 Å². The molecule has 0 bridgehead atoms. The fraction of sp³-hybridized carbons (Fsp3) is 0.125. The third-order valence-corrected chi connectivity index (χ3v) is 3.49. The predicted molar refractivity (Wildman–Crippen MR) is 76.9 cm³/mol. The topological polar surface area (TPSA) is 24.7 Å². The van der Waals surface area contributed by atoms with Crippen molar-refractivity contribution in [2.24, 2.45) is 10.2 Å². The summed E-state index contributed by atoms with van der Waals surface area (Å²) in [5.41, 5.74) is -4.80. The van der Waals surface area contributed by atoms with Crippen molar-refractivity contribution in [3.8, 4) is 0 Å². The summed E-state index contributed by atoms with van der Waals surface area (Å²) in [6.45, 7) is 1.49. The summed E-state index contributed by atoms with van der Waals surface area (Å²) in [5.74, 6) is -22.9. The van der Waals surface area contributed by atoms with Crippen molar-refractivity contribution in [3.63, 3.8) is 0 Å². The molecule has 28 heavy (non-hydrogen) atoms. The first-order valence-electron chi connectivity index (χ1n) is 7.04. The Hall–Kier alpha value is -2.92. The molecule has 0 unspecified atom stereocenters. The molecular formula is C16H6F10N2. The number of hydrogen-bond acceptors (Lipinski definition) is 2. The summed E-state index contributed by atoms with van der Waals surface area (Å²) in [7, 11) is 0. The lowest BCUT2D eigenvalue weighted by Gasteiger charge is -2.08. The largest absolute Gasteiger partial charge is 0.203 e. The van der Waals surface area contributed by atoms with Crippen LogP contribution in [0.1, 0.15) is 25.0 Å². The number of halogens is 10. The molecule has 0 aliphatic carbocycles. The van der Waals surface area contributed by atoms with Gasteiger partial charge in [0.1, 0.15) is 0 Å². The molecule has 0 saturated carbocycles. The van der Waals surface area contributed by atoms with Crippen molar-refractivity contribution < 1.29 is 43.9 Å². The average molecular weight is 416 g/mol. The Kier molecular flexibility index (Phi) is 5.80. The third-order valence-electron chi connectivity index (χ3n) is 3.49. The van der Waals surface area contributed by atoms with Gasteiger partial charge in [-0.25, -0.2) is 43.9 Å². The lowest BCUT2D eigenvalue weighted by atomic mass is 10.1. The van der Waals surface area contributed by atoms with Gasteiger partial charge in [0.05, 0.1) is 22.6 Å². The summed E-state index contributed by atoms with van der Waals surface area (Å²) in [5, 5.41) is 6.13. The smallest absolute Gasteiger partial charge is 0.200 e. The highest BCUT2D eigenvalue weighted by Gasteiger charge is 2.28. The van der Waals surface area contributed by atoms with E-state index in [1.807, 2.05) is 0 Å². The Bertz CT molecular complexity index is 901. The maximum atomic E-state index is 13.7. The molecule has 0 aliphatic heterocycles. The van der Waals surface area contributed by atoms with Crippen LogP contribution < -0.4 is 0 Å². The number of hydrogen-bond donors (Lipinski definition) is 0. The van der Waals surface area contributed by atoms with Gasteiger partial charge in [0.15, 0.2) is 46.5 Å². The Labute approximate surface area is 149 Å². The van der Waals surface area contributed by atoms with E-state index in [4.69, 9.17) is 0 Å². The van der Waals surface area contributed by atoms with E-state index in [0.29, 0.717) is 0 Å². The maximum Gasteiger partial charge on any atom is 0.200 e. The molecule has 0 heterocycles. The fourth-order valence-corrected chi connectivity index (χ4v) is 2.10. The van der Waals surface area contributed by atoms with Crippen LogP contribution in [-0.4, -0.2) is 11.4 Å². The molecule has 0 aliphatic rings. The molecular weight excluding hydrogens is 410 g/mol. The highest BCUT2D eigenvalue weighted by Crippen LogP contribution is 2.25. The lowest BCUT2D eigenvalue weighted by Crippen LogP contribution is -2.12. The van der Waals surface area contributed by atoms with Crippen LogP contribution in [0.25, 0.3) is 0 Å². The normalized spacial score (nSPS) is 12.7. The molecule has 0 radical (unpaired) electrons. The van der Waals surface area contributed by atoms with Gasteiger partial charge in [-0.05, 0) is 13.8 Å². The minimum Gasteiger partial charge on any atom is -0.203 e. The van der Waals surface area contributed by atoms with Crippen molar-refractivity contribution in [1.82, 2.24) is 0 Å². The van der Waals surface area contributed by atoms with Gasteiger partial charge in [0.2, 0.25) is 11.6 Å². The van der Waals surface area contributed by atoms with E-state index in [9.17, 15) is 43.9 Å². The molecule has 2 aromatic carbocycles. The van der Waals surface area contributed by atoms with E-state index >= 15 is 0 Å². The molecule has 0 saturated heterocycles. The van der Waals surface area contributed by atoms with Gasteiger partial charge >= 0.3 is 0 Å². The standard InChI is InChI=1S/C16H6F10N2/c1-3(5-7(17)11(21)15(25)12(22)8(5)18)27-28-4(2)6-9(19)13(23)16(26)14(24)10(6)20/h1-2H3/b27-3+,28-4+. The first kappa shape index (κ1) is 21.4. The van der Waals surface area contributed by atoms with Crippen LogP contribution in [0.5, 0.6) is 0 Å². The van der Waals surface area contributed by atoms with Crippen LogP contribution in [0.15, 0.2) is 10.2 Å². The Morgan fingerprint density at radius 3 is 0.786 bits per heavy atom. The predicted octanol–water partition coefficient (Wildman–Crippen LogP) is 5.31. The van der Waals surface area contributed by atoms with Gasteiger partial charge in [-0.2, -0.15) is 10.2 Å². The number of nitrogens with zero attached hydrogens (tertiary/aromatic N) is 2. The fourth-order valence-electron chi connectivity index (χ4n) is 2.10. The monoisotopic (exact) mass is 416 g/mol. The summed E-state index contributed by atoms with van der Waals surface area (Å²) >= 11 is 0. The zero-order valence-corrected chi connectivity index (χ0v) is 13.7. The van der Waals surface area contributed by atoms with Crippen LogP contribution in [0.4, 0.5) is 43.9 Å². The lowest BCUT2D eigenvalue weighted by molar-refractivity contribution is 0.377. The van der Waals surface area contributed by atoms with Crippen molar-refractivity contribution in [2.45, 2.75) is 13.8 Å². The second kappa shape index (κ2) is 7.60. The Morgan fingerprint density at radius 1 is 0.393 bits per heavy atom.